The Morgan fingerprint density at radius 3 is 2.40 bits per heavy atom. The lowest BCUT2D eigenvalue weighted by molar-refractivity contribution is -0.121. The SMILES string of the molecule is O=C(COC(=O)c1cccc(N2C(=O)CCC2=O)c1)c1ccc2c(c1)OCCCO2. The maximum absolute atomic E-state index is 12.4. The van der Waals surface area contributed by atoms with E-state index in [1.54, 1.807) is 30.3 Å². The van der Waals surface area contributed by atoms with Crippen molar-refractivity contribution < 1.29 is 33.4 Å². The van der Waals surface area contributed by atoms with E-state index in [0.717, 1.165) is 11.3 Å². The first kappa shape index (κ1) is 19.6. The van der Waals surface area contributed by atoms with Gasteiger partial charge in [0.1, 0.15) is 0 Å². The van der Waals surface area contributed by atoms with Gasteiger partial charge >= 0.3 is 5.97 Å². The normalized spacial score (nSPS) is 15.7. The van der Waals surface area contributed by atoms with Crippen LogP contribution in [0.1, 0.15) is 40.0 Å². The molecule has 0 aliphatic carbocycles. The Hall–Kier alpha value is -3.68. The number of benzene rings is 2. The molecule has 2 aliphatic heterocycles. The zero-order valence-electron chi connectivity index (χ0n) is 16.1. The number of imide groups is 1. The fourth-order valence-corrected chi connectivity index (χ4v) is 3.27. The molecule has 2 aromatic carbocycles. The van der Waals surface area contributed by atoms with Crippen LogP contribution in [0, 0.1) is 0 Å². The van der Waals surface area contributed by atoms with Gasteiger partial charge in [-0.2, -0.15) is 0 Å². The number of Topliss-reactive ketones (excluding diaryl/α,β-unsaturated/α-hetero) is 1. The first-order chi connectivity index (χ1) is 14.5. The summed E-state index contributed by atoms with van der Waals surface area (Å²) in [7, 11) is 0. The third kappa shape index (κ3) is 4.03. The van der Waals surface area contributed by atoms with E-state index in [2.05, 4.69) is 0 Å². The van der Waals surface area contributed by atoms with Crippen LogP contribution in [0.5, 0.6) is 11.5 Å². The molecule has 1 fully saturated rings. The summed E-state index contributed by atoms with van der Waals surface area (Å²) < 4.78 is 16.2. The first-order valence-corrected chi connectivity index (χ1v) is 9.59. The summed E-state index contributed by atoms with van der Waals surface area (Å²) >= 11 is 0. The highest BCUT2D eigenvalue weighted by Gasteiger charge is 2.30. The second-order valence-corrected chi connectivity index (χ2v) is 6.88. The molecule has 0 spiro atoms. The van der Waals surface area contributed by atoms with Crippen molar-refractivity contribution in [3.8, 4) is 11.5 Å². The third-order valence-corrected chi connectivity index (χ3v) is 4.80. The van der Waals surface area contributed by atoms with Crippen LogP contribution in [-0.2, 0) is 14.3 Å². The maximum atomic E-state index is 12.4. The zero-order valence-corrected chi connectivity index (χ0v) is 16.1. The first-order valence-electron chi connectivity index (χ1n) is 9.59. The van der Waals surface area contributed by atoms with Crippen molar-refractivity contribution in [2.24, 2.45) is 0 Å². The van der Waals surface area contributed by atoms with Crippen LogP contribution in [0.3, 0.4) is 0 Å². The molecule has 0 aromatic heterocycles. The molecule has 30 heavy (non-hydrogen) atoms. The predicted octanol–water partition coefficient (Wildman–Crippen LogP) is 2.54. The second-order valence-electron chi connectivity index (χ2n) is 6.88. The lowest BCUT2D eigenvalue weighted by Gasteiger charge is -2.14. The van der Waals surface area contributed by atoms with Crippen molar-refractivity contribution in [2.75, 3.05) is 24.7 Å². The van der Waals surface area contributed by atoms with Crippen molar-refractivity contribution in [3.05, 3.63) is 53.6 Å². The minimum absolute atomic E-state index is 0.145. The molecule has 0 atom stereocenters. The van der Waals surface area contributed by atoms with Gasteiger partial charge in [-0.15, -0.1) is 0 Å². The molecular formula is C22H19NO7. The van der Waals surface area contributed by atoms with Gasteiger partial charge in [0.05, 0.1) is 24.5 Å². The molecular weight excluding hydrogens is 390 g/mol. The number of rotatable bonds is 5. The molecule has 8 heteroatoms. The number of hydrogen-bond acceptors (Lipinski definition) is 7. The van der Waals surface area contributed by atoms with Crippen LogP contribution in [0.15, 0.2) is 42.5 Å². The molecule has 0 saturated carbocycles. The summed E-state index contributed by atoms with van der Waals surface area (Å²) in [5, 5.41) is 0. The Bertz CT molecular complexity index is 1010. The van der Waals surface area contributed by atoms with Gasteiger partial charge < -0.3 is 14.2 Å². The van der Waals surface area contributed by atoms with E-state index in [4.69, 9.17) is 14.2 Å². The number of esters is 1. The standard InChI is InChI=1S/C22H19NO7/c24-17(14-5-6-18-19(12-14)29-10-2-9-28-18)13-30-22(27)15-3-1-4-16(11-15)23-20(25)7-8-21(23)26/h1,3-6,11-12H,2,7-10,13H2. The topological polar surface area (TPSA) is 99.2 Å². The van der Waals surface area contributed by atoms with Crippen LogP contribution >= 0.6 is 0 Å². The second kappa shape index (κ2) is 8.36. The highest BCUT2D eigenvalue weighted by molar-refractivity contribution is 6.20. The van der Waals surface area contributed by atoms with Crippen molar-refractivity contribution in [1.29, 1.82) is 0 Å². The summed E-state index contributed by atoms with van der Waals surface area (Å²) in [6.45, 7) is 0.591. The van der Waals surface area contributed by atoms with Crippen molar-refractivity contribution >= 4 is 29.3 Å². The number of hydrogen-bond donors (Lipinski definition) is 0. The Balaban J connectivity index is 1.42. The van der Waals surface area contributed by atoms with Gasteiger partial charge in [-0.25, -0.2) is 4.79 Å². The molecule has 0 bridgehead atoms. The number of fused-ring (bicyclic) bond motifs is 1. The summed E-state index contributed by atoms with van der Waals surface area (Å²) in [5.41, 5.74) is 0.798. The lowest BCUT2D eigenvalue weighted by atomic mass is 10.1. The van der Waals surface area contributed by atoms with Gasteiger partial charge in [-0.3, -0.25) is 19.3 Å². The van der Waals surface area contributed by atoms with E-state index >= 15 is 0 Å². The highest BCUT2D eigenvalue weighted by Crippen LogP contribution is 2.30. The number of nitrogens with zero attached hydrogens (tertiary/aromatic N) is 1. The minimum atomic E-state index is -0.723. The average Bonchev–Trinajstić information content (AvgIpc) is 2.95. The number of carbonyl (C=O) groups is 4. The molecule has 0 radical (unpaired) electrons. The molecule has 8 nitrogen and oxygen atoms in total. The molecule has 0 N–H and O–H groups in total. The number of ether oxygens (including phenoxy) is 3. The molecule has 2 aromatic rings. The third-order valence-electron chi connectivity index (χ3n) is 4.80. The summed E-state index contributed by atoms with van der Waals surface area (Å²) in [6, 6.07) is 10.8. The number of anilines is 1. The smallest absolute Gasteiger partial charge is 0.338 e. The molecule has 4 rings (SSSR count). The molecule has 154 valence electrons. The van der Waals surface area contributed by atoms with Crippen molar-refractivity contribution in [2.45, 2.75) is 19.3 Å². The van der Waals surface area contributed by atoms with Gasteiger partial charge in [-0.1, -0.05) is 6.07 Å². The molecule has 2 aliphatic rings. The van der Waals surface area contributed by atoms with Gasteiger partial charge in [-0.05, 0) is 36.4 Å². The number of amides is 2. The van der Waals surface area contributed by atoms with Crippen LogP contribution in [0.2, 0.25) is 0 Å². The summed E-state index contributed by atoms with van der Waals surface area (Å²) in [6.07, 6.45) is 1.05. The lowest BCUT2D eigenvalue weighted by Crippen LogP contribution is -2.28. The highest BCUT2D eigenvalue weighted by atomic mass is 16.5. The van der Waals surface area contributed by atoms with Gasteiger partial charge in [0, 0.05) is 24.8 Å². The summed E-state index contributed by atoms with van der Waals surface area (Å²) in [4.78, 5) is 49.7. The van der Waals surface area contributed by atoms with Crippen LogP contribution in [0.4, 0.5) is 5.69 Å². The molecule has 2 heterocycles. The quantitative estimate of drug-likeness (QED) is 0.425. The molecule has 1 saturated heterocycles. The zero-order chi connectivity index (χ0) is 21.1. The van der Waals surface area contributed by atoms with E-state index in [9.17, 15) is 19.2 Å². The van der Waals surface area contributed by atoms with Gasteiger partial charge in [0.25, 0.3) is 0 Å². The van der Waals surface area contributed by atoms with Crippen LogP contribution in [0.25, 0.3) is 0 Å². The summed E-state index contributed by atoms with van der Waals surface area (Å²) in [5.74, 6) is -0.676. The predicted molar refractivity (Wildman–Crippen MR) is 105 cm³/mol. The number of carbonyl (C=O) groups excluding carboxylic acids is 4. The Kier molecular flexibility index (Phi) is 5.47. The van der Waals surface area contributed by atoms with Crippen molar-refractivity contribution in [3.63, 3.8) is 0 Å². The van der Waals surface area contributed by atoms with Gasteiger partial charge in [0.15, 0.2) is 23.9 Å². The van der Waals surface area contributed by atoms with Crippen LogP contribution in [-0.4, -0.2) is 43.4 Å². The van der Waals surface area contributed by atoms with Crippen LogP contribution < -0.4 is 14.4 Å². The molecule has 2 amide bonds. The van der Waals surface area contributed by atoms with E-state index < -0.39 is 12.6 Å². The Morgan fingerprint density at radius 2 is 1.63 bits per heavy atom. The Morgan fingerprint density at radius 1 is 0.900 bits per heavy atom. The largest absolute Gasteiger partial charge is 0.490 e. The van der Waals surface area contributed by atoms with E-state index in [1.807, 2.05) is 0 Å². The fourth-order valence-electron chi connectivity index (χ4n) is 3.27. The monoisotopic (exact) mass is 409 g/mol. The fraction of sp³-hybridized carbons (Fsp3) is 0.273. The van der Waals surface area contributed by atoms with Crippen molar-refractivity contribution in [1.82, 2.24) is 0 Å². The maximum Gasteiger partial charge on any atom is 0.338 e. The van der Waals surface area contributed by atoms with E-state index in [1.165, 1.54) is 12.1 Å². The number of ketones is 1. The Labute approximate surface area is 172 Å². The van der Waals surface area contributed by atoms with E-state index in [-0.39, 0.29) is 36.0 Å². The van der Waals surface area contributed by atoms with Gasteiger partial charge in [0.2, 0.25) is 11.8 Å². The molecule has 0 unspecified atom stereocenters. The van der Waals surface area contributed by atoms with E-state index in [0.29, 0.717) is 36.0 Å². The minimum Gasteiger partial charge on any atom is -0.490 e. The average molecular weight is 409 g/mol.